The van der Waals surface area contributed by atoms with Gasteiger partial charge in [0.05, 0.1) is 17.1 Å². The number of aromatic nitrogens is 4. The first-order chi connectivity index (χ1) is 12.1. The summed E-state index contributed by atoms with van der Waals surface area (Å²) in [6, 6.07) is 11.7. The number of aliphatic carboxylic acids is 1. The zero-order valence-electron chi connectivity index (χ0n) is 13.1. The highest BCUT2D eigenvalue weighted by molar-refractivity contribution is 5.80. The Bertz CT molecular complexity index is 1130. The smallest absolute Gasteiger partial charge is 0.327 e. The Balaban J connectivity index is 1.86. The number of benzene rings is 1. The van der Waals surface area contributed by atoms with Gasteiger partial charge in [-0.25, -0.2) is 14.3 Å². The van der Waals surface area contributed by atoms with Gasteiger partial charge in [-0.1, -0.05) is 30.3 Å². The molecule has 3 heterocycles. The minimum Gasteiger partial charge on any atom is -0.480 e. The molecule has 0 aliphatic heterocycles. The monoisotopic (exact) mass is 334 g/mol. The Morgan fingerprint density at radius 1 is 1.16 bits per heavy atom. The van der Waals surface area contributed by atoms with Gasteiger partial charge in [0, 0.05) is 24.9 Å². The van der Waals surface area contributed by atoms with Gasteiger partial charge < -0.3 is 9.67 Å². The largest absolute Gasteiger partial charge is 0.480 e. The van der Waals surface area contributed by atoms with Crippen LogP contribution in [0.25, 0.3) is 16.6 Å². The van der Waals surface area contributed by atoms with Gasteiger partial charge in [0.2, 0.25) is 0 Å². The quantitative estimate of drug-likeness (QED) is 0.616. The SMILES string of the molecule is O=C(O)[C@@H](Cc1ccccc1)n1ccc2c(cnc3ccnn32)c1=O. The summed E-state index contributed by atoms with van der Waals surface area (Å²) in [4.78, 5) is 28.8. The molecule has 7 nitrogen and oxygen atoms in total. The van der Waals surface area contributed by atoms with E-state index in [9.17, 15) is 14.7 Å². The van der Waals surface area contributed by atoms with Crippen molar-refractivity contribution in [2.24, 2.45) is 0 Å². The number of nitrogens with zero attached hydrogens (tertiary/aromatic N) is 4. The summed E-state index contributed by atoms with van der Waals surface area (Å²) in [6.07, 6.45) is 4.79. The first-order valence-electron chi connectivity index (χ1n) is 7.75. The van der Waals surface area contributed by atoms with E-state index in [2.05, 4.69) is 10.1 Å². The van der Waals surface area contributed by atoms with Crippen molar-refractivity contribution in [3.05, 3.63) is 77.0 Å². The van der Waals surface area contributed by atoms with Crippen LogP contribution < -0.4 is 5.56 Å². The van der Waals surface area contributed by atoms with E-state index >= 15 is 0 Å². The Morgan fingerprint density at radius 2 is 1.96 bits per heavy atom. The number of carboxylic acids is 1. The van der Waals surface area contributed by atoms with Crippen LogP contribution >= 0.6 is 0 Å². The Labute approximate surface area is 141 Å². The summed E-state index contributed by atoms with van der Waals surface area (Å²) < 4.78 is 2.81. The van der Waals surface area contributed by atoms with Gasteiger partial charge >= 0.3 is 5.97 Å². The first-order valence-corrected chi connectivity index (χ1v) is 7.75. The predicted molar refractivity (Wildman–Crippen MR) is 91.6 cm³/mol. The van der Waals surface area contributed by atoms with Crippen molar-refractivity contribution < 1.29 is 9.90 Å². The summed E-state index contributed by atoms with van der Waals surface area (Å²) in [5, 5.41) is 14.1. The maximum atomic E-state index is 12.8. The number of fused-ring (bicyclic) bond motifs is 3. The van der Waals surface area contributed by atoms with Gasteiger partial charge in [-0.15, -0.1) is 0 Å². The molecule has 0 aliphatic rings. The third-order valence-corrected chi connectivity index (χ3v) is 4.20. The van der Waals surface area contributed by atoms with Crippen LogP contribution in [-0.2, 0) is 11.2 Å². The maximum absolute atomic E-state index is 12.8. The highest BCUT2D eigenvalue weighted by Gasteiger charge is 2.22. The van der Waals surface area contributed by atoms with Crippen molar-refractivity contribution >= 4 is 22.5 Å². The van der Waals surface area contributed by atoms with Gasteiger partial charge in [-0.05, 0) is 11.6 Å². The lowest BCUT2D eigenvalue weighted by Gasteiger charge is -2.16. The molecule has 0 saturated carbocycles. The van der Waals surface area contributed by atoms with Crippen LogP contribution in [0.5, 0.6) is 0 Å². The molecule has 1 aromatic carbocycles. The number of carbonyl (C=O) groups is 1. The number of hydrogen-bond donors (Lipinski definition) is 1. The van der Waals surface area contributed by atoms with Crippen LogP contribution in [0.3, 0.4) is 0 Å². The minimum atomic E-state index is -1.06. The second-order valence-electron chi connectivity index (χ2n) is 5.73. The summed E-state index contributed by atoms with van der Waals surface area (Å²) >= 11 is 0. The molecule has 0 radical (unpaired) electrons. The van der Waals surface area contributed by atoms with E-state index in [0.29, 0.717) is 16.6 Å². The summed E-state index contributed by atoms with van der Waals surface area (Å²) in [6.45, 7) is 0. The molecule has 1 N–H and O–H groups in total. The fraction of sp³-hybridized carbons (Fsp3) is 0.111. The van der Waals surface area contributed by atoms with Crippen LogP contribution in [0.1, 0.15) is 11.6 Å². The van der Waals surface area contributed by atoms with Gasteiger partial charge in [0.15, 0.2) is 5.65 Å². The van der Waals surface area contributed by atoms with Crippen LogP contribution in [-0.4, -0.2) is 30.2 Å². The maximum Gasteiger partial charge on any atom is 0.327 e. The zero-order chi connectivity index (χ0) is 17.4. The lowest BCUT2D eigenvalue weighted by atomic mass is 10.1. The van der Waals surface area contributed by atoms with Crippen molar-refractivity contribution in [3.63, 3.8) is 0 Å². The molecular weight excluding hydrogens is 320 g/mol. The van der Waals surface area contributed by atoms with E-state index in [1.54, 1.807) is 22.8 Å². The van der Waals surface area contributed by atoms with Gasteiger partial charge in [0.1, 0.15) is 6.04 Å². The number of hydrogen-bond acceptors (Lipinski definition) is 4. The van der Waals surface area contributed by atoms with Crippen LogP contribution in [0, 0.1) is 0 Å². The van der Waals surface area contributed by atoms with Crippen LogP contribution in [0.4, 0.5) is 0 Å². The molecule has 4 aromatic rings. The standard InChI is InChI=1S/C18H14N4O3/c23-17-13-11-19-16-6-8-20-22(16)14(13)7-9-21(17)15(18(24)25)10-12-4-2-1-3-5-12/h1-9,11,15H,10H2,(H,24,25)/t15-/m1/s1. The normalized spacial score (nSPS) is 12.5. The first kappa shape index (κ1) is 15.1. The lowest BCUT2D eigenvalue weighted by Crippen LogP contribution is -2.31. The van der Waals surface area contributed by atoms with E-state index in [4.69, 9.17) is 0 Å². The molecule has 4 rings (SSSR count). The fourth-order valence-electron chi connectivity index (χ4n) is 2.96. The molecule has 0 spiro atoms. The molecule has 1 atom stereocenters. The molecule has 3 aromatic heterocycles. The Hall–Kier alpha value is -3.48. The summed E-state index contributed by atoms with van der Waals surface area (Å²) in [7, 11) is 0. The second-order valence-corrected chi connectivity index (χ2v) is 5.73. The molecule has 0 aliphatic carbocycles. The third-order valence-electron chi connectivity index (χ3n) is 4.20. The third kappa shape index (κ3) is 2.55. The average Bonchev–Trinajstić information content (AvgIpc) is 3.10. The van der Waals surface area contributed by atoms with Gasteiger partial charge in [0.25, 0.3) is 5.56 Å². The Kier molecular flexibility index (Phi) is 3.53. The van der Waals surface area contributed by atoms with E-state index in [1.165, 1.54) is 17.0 Å². The van der Waals surface area contributed by atoms with Gasteiger partial charge in [-0.2, -0.15) is 5.10 Å². The molecule has 124 valence electrons. The van der Waals surface area contributed by atoms with E-state index < -0.39 is 17.6 Å². The van der Waals surface area contributed by atoms with Crippen molar-refractivity contribution in [2.75, 3.05) is 0 Å². The minimum absolute atomic E-state index is 0.221. The molecule has 25 heavy (non-hydrogen) atoms. The van der Waals surface area contributed by atoms with E-state index in [-0.39, 0.29) is 6.42 Å². The van der Waals surface area contributed by atoms with Gasteiger partial charge in [-0.3, -0.25) is 4.79 Å². The lowest BCUT2D eigenvalue weighted by molar-refractivity contribution is -0.141. The highest BCUT2D eigenvalue weighted by Crippen LogP contribution is 2.16. The topological polar surface area (TPSA) is 89.5 Å². The van der Waals surface area contributed by atoms with Crippen LogP contribution in [0.15, 0.2) is 65.8 Å². The van der Waals surface area contributed by atoms with Crippen molar-refractivity contribution in [2.45, 2.75) is 12.5 Å². The van der Waals surface area contributed by atoms with Crippen molar-refractivity contribution in [1.82, 2.24) is 19.2 Å². The molecule has 7 heteroatoms. The molecule has 0 amide bonds. The summed E-state index contributed by atoms with van der Waals surface area (Å²) in [5.74, 6) is -1.06. The van der Waals surface area contributed by atoms with E-state index in [0.717, 1.165) is 5.56 Å². The molecular formula is C18H14N4O3. The van der Waals surface area contributed by atoms with Crippen molar-refractivity contribution in [1.29, 1.82) is 0 Å². The van der Waals surface area contributed by atoms with Crippen molar-refractivity contribution in [3.8, 4) is 0 Å². The molecule has 0 bridgehead atoms. The Morgan fingerprint density at radius 3 is 2.72 bits per heavy atom. The fourth-order valence-corrected chi connectivity index (χ4v) is 2.96. The molecule has 0 fully saturated rings. The summed E-state index contributed by atoms with van der Waals surface area (Å²) in [5.41, 5.74) is 1.68. The van der Waals surface area contributed by atoms with Crippen LogP contribution in [0.2, 0.25) is 0 Å². The van der Waals surface area contributed by atoms with E-state index in [1.807, 2.05) is 30.3 Å². The highest BCUT2D eigenvalue weighted by atomic mass is 16.4. The predicted octanol–water partition coefficient (Wildman–Crippen LogP) is 1.91. The molecule has 0 saturated heterocycles. The molecule has 0 unspecified atom stereocenters. The number of rotatable bonds is 4. The number of carboxylic acid groups (broad SMARTS) is 1. The average molecular weight is 334 g/mol. The zero-order valence-corrected chi connectivity index (χ0v) is 13.1. The number of pyridine rings is 1. The second kappa shape index (κ2) is 5.86.